The number of carbonyl (C=O) groups excluding carboxylic acids is 1. The second-order valence-electron chi connectivity index (χ2n) is 6.28. The van der Waals surface area contributed by atoms with Crippen molar-refractivity contribution < 1.29 is 14.7 Å². The van der Waals surface area contributed by atoms with Crippen LogP contribution < -0.4 is 0 Å². The van der Waals surface area contributed by atoms with Crippen LogP contribution in [-0.4, -0.2) is 40.0 Å². The number of carboxylic acids is 1. The van der Waals surface area contributed by atoms with Gasteiger partial charge in [-0.25, -0.2) is 9.78 Å². The van der Waals surface area contributed by atoms with Crippen molar-refractivity contribution in [3.63, 3.8) is 0 Å². The molecule has 1 N–H and O–H groups in total. The molecule has 2 heterocycles. The maximum absolute atomic E-state index is 12.7. The van der Waals surface area contributed by atoms with Gasteiger partial charge in [0.1, 0.15) is 5.69 Å². The van der Waals surface area contributed by atoms with Gasteiger partial charge < -0.3 is 10.0 Å². The van der Waals surface area contributed by atoms with Crippen LogP contribution in [0.2, 0.25) is 0 Å². The topological polar surface area (TPSA) is 70.5 Å². The number of hydrogen-bond acceptors (Lipinski definition) is 3. The van der Waals surface area contributed by atoms with Crippen molar-refractivity contribution >= 4 is 11.9 Å². The fourth-order valence-corrected chi connectivity index (χ4v) is 3.56. The molecule has 0 saturated carbocycles. The molecule has 1 spiro atoms. The van der Waals surface area contributed by atoms with Crippen molar-refractivity contribution in [1.29, 1.82) is 0 Å². The molecule has 1 aliphatic heterocycles. The van der Waals surface area contributed by atoms with E-state index in [0.29, 0.717) is 5.56 Å². The van der Waals surface area contributed by atoms with Crippen molar-refractivity contribution in [2.75, 3.05) is 13.1 Å². The fourth-order valence-electron chi connectivity index (χ4n) is 3.56. The van der Waals surface area contributed by atoms with Gasteiger partial charge in [-0.2, -0.15) is 0 Å². The molecule has 1 aliphatic carbocycles. The van der Waals surface area contributed by atoms with Gasteiger partial charge in [0.05, 0.1) is 0 Å². The Hall–Kier alpha value is -2.17. The molecule has 1 aromatic heterocycles. The highest BCUT2D eigenvalue weighted by atomic mass is 16.4. The summed E-state index contributed by atoms with van der Waals surface area (Å²) in [6, 6.07) is 2.96. The van der Waals surface area contributed by atoms with Crippen molar-refractivity contribution in [3.8, 4) is 0 Å². The van der Waals surface area contributed by atoms with Crippen LogP contribution in [0.1, 0.15) is 53.0 Å². The molecule has 116 valence electrons. The number of rotatable bonds is 2. The number of hydrogen-bond donors (Lipinski definition) is 1. The Morgan fingerprint density at radius 2 is 2.14 bits per heavy atom. The van der Waals surface area contributed by atoms with Gasteiger partial charge in [0.2, 0.25) is 0 Å². The first kappa shape index (κ1) is 14.8. The zero-order valence-corrected chi connectivity index (χ0v) is 12.5. The Balaban J connectivity index is 1.78. The minimum absolute atomic E-state index is 0.0847. The molecule has 1 fully saturated rings. The number of carboxylic acid groups (broad SMARTS) is 1. The third-order valence-electron chi connectivity index (χ3n) is 4.73. The highest BCUT2D eigenvalue weighted by Crippen LogP contribution is 2.41. The minimum atomic E-state index is -1.11. The predicted octanol–water partition coefficient (Wildman–Crippen LogP) is 2.74. The largest absolute Gasteiger partial charge is 0.477 e. The van der Waals surface area contributed by atoms with Crippen LogP contribution >= 0.6 is 0 Å². The maximum atomic E-state index is 12.7. The molecule has 1 saturated heterocycles. The van der Waals surface area contributed by atoms with E-state index < -0.39 is 5.97 Å². The van der Waals surface area contributed by atoms with Crippen LogP contribution in [0.5, 0.6) is 0 Å². The summed E-state index contributed by atoms with van der Waals surface area (Å²) in [5.74, 6) is -1.19. The maximum Gasteiger partial charge on any atom is 0.354 e. The quantitative estimate of drug-likeness (QED) is 0.853. The molecule has 22 heavy (non-hydrogen) atoms. The molecule has 5 nitrogen and oxygen atoms in total. The number of likely N-dealkylation sites (tertiary alicyclic amines) is 1. The summed E-state index contributed by atoms with van der Waals surface area (Å²) in [6.07, 6.45) is 11.3. The van der Waals surface area contributed by atoms with Crippen LogP contribution in [-0.2, 0) is 0 Å². The molecule has 0 radical (unpaired) electrons. The highest BCUT2D eigenvalue weighted by Gasteiger charge is 2.37. The summed E-state index contributed by atoms with van der Waals surface area (Å²) in [5, 5.41) is 9.01. The van der Waals surface area contributed by atoms with Crippen LogP contribution in [0.4, 0.5) is 0 Å². The lowest BCUT2D eigenvalue weighted by atomic mass is 9.71. The number of piperidine rings is 1. The average Bonchev–Trinajstić information content (AvgIpc) is 2.55. The van der Waals surface area contributed by atoms with E-state index in [0.717, 1.165) is 45.2 Å². The standard InChI is InChI=1S/C17H20N2O3/c20-15(13-5-9-18-14(11-13)16(21)22)19-10-4-8-17(12-19)6-2-1-3-7-17/h1-2,5,9,11H,3-4,6-8,10,12H2,(H,21,22). The molecule has 0 aromatic carbocycles. The van der Waals surface area contributed by atoms with Gasteiger partial charge in [0, 0.05) is 24.8 Å². The zero-order chi connectivity index (χ0) is 15.6. The van der Waals surface area contributed by atoms with Crippen molar-refractivity contribution in [2.45, 2.75) is 32.1 Å². The first-order chi connectivity index (χ1) is 10.6. The SMILES string of the molecule is O=C(O)c1cc(C(=O)N2CCCC3(CC=CCC3)C2)ccn1. The molecule has 2 aliphatic rings. The van der Waals surface area contributed by atoms with E-state index in [1.54, 1.807) is 6.07 Å². The Labute approximate surface area is 129 Å². The number of nitrogens with zero attached hydrogens (tertiary/aromatic N) is 2. The summed E-state index contributed by atoms with van der Waals surface area (Å²) in [6.45, 7) is 1.51. The summed E-state index contributed by atoms with van der Waals surface area (Å²) >= 11 is 0. The summed E-state index contributed by atoms with van der Waals surface area (Å²) < 4.78 is 0. The molecule has 1 aromatic rings. The summed E-state index contributed by atoms with van der Waals surface area (Å²) in [5.41, 5.74) is 0.541. The van der Waals surface area contributed by atoms with E-state index in [2.05, 4.69) is 17.1 Å². The first-order valence-corrected chi connectivity index (χ1v) is 7.73. The van der Waals surface area contributed by atoms with Gasteiger partial charge in [-0.3, -0.25) is 4.79 Å². The Bertz CT molecular complexity index is 626. The van der Waals surface area contributed by atoms with Gasteiger partial charge in [-0.1, -0.05) is 12.2 Å². The van der Waals surface area contributed by atoms with Crippen molar-refractivity contribution in [3.05, 3.63) is 41.7 Å². The second kappa shape index (κ2) is 5.91. The molecule has 1 amide bonds. The van der Waals surface area contributed by atoms with Gasteiger partial charge in [0.15, 0.2) is 0 Å². The number of pyridine rings is 1. The second-order valence-corrected chi connectivity index (χ2v) is 6.28. The molecule has 0 bridgehead atoms. The number of aromatic carboxylic acids is 1. The van der Waals surface area contributed by atoms with Crippen LogP contribution in [0.15, 0.2) is 30.5 Å². The fraction of sp³-hybridized carbons (Fsp3) is 0.471. The van der Waals surface area contributed by atoms with Crippen molar-refractivity contribution in [2.24, 2.45) is 5.41 Å². The lowest BCUT2D eigenvalue weighted by Gasteiger charge is -2.44. The first-order valence-electron chi connectivity index (χ1n) is 7.73. The van der Waals surface area contributed by atoms with Crippen LogP contribution in [0, 0.1) is 5.41 Å². The molecular formula is C17H20N2O3. The Morgan fingerprint density at radius 1 is 1.27 bits per heavy atom. The smallest absolute Gasteiger partial charge is 0.354 e. The van der Waals surface area contributed by atoms with E-state index in [-0.39, 0.29) is 17.0 Å². The molecule has 1 unspecified atom stereocenters. The Kier molecular flexibility index (Phi) is 3.96. The predicted molar refractivity (Wildman–Crippen MR) is 81.8 cm³/mol. The van der Waals surface area contributed by atoms with E-state index in [1.807, 2.05) is 4.90 Å². The van der Waals surface area contributed by atoms with Gasteiger partial charge >= 0.3 is 5.97 Å². The van der Waals surface area contributed by atoms with Crippen LogP contribution in [0.25, 0.3) is 0 Å². The highest BCUT2D eigenvalue weighted by molar-refractivity contribution is 5.96. The molecule has 1 atom stereocenters. The zero-order valence-electron chi connectivity index (χ0n) is 12.5. The molecular weight excluding hydrogens is 280 g/mol. The lowest BCUT2D eigenvalue weighted by molar-refractivity contribution is 0.0484. The van der Waals surface area contributed by atoms with Crippen LogP contribution in [0.3, 0.4) is 0 Å². The van der Waals surface area contributed by atoms with Gasteiger partial charge in [0.25, 0.3) is 5.91 Å². The third kappa shape index (κ3) is 2.89. The van der Waals surface area contributed by atoms with E-state index >= 15 is 0 Å². The van der Waals surface area contributed by atoms with Crippen molar-refractivity contribution in [1.82, 2.24) is 9.88 Å². The number of carbonyl (C=O) groups is 2. The lowest BCUT2D eigenvalue weighted by Crippen LogP contribution is -2.46. The monoisotopic (exact) mass is 300 g/mol. The number of allylic oxidation sites excluding steroid dienone is 2. The van der Waals surface area contributed by atoms with E-state index in [1.165, 1.54) is 12.3 Å². The van der Waals surface area contributed by atoms with Gasteiger partial charge in [-0.05, 0) is 49.7 Å². The normalized spacial score (nSPS) is 24.5. The summed E-state index contributed by atoms with van der Waals surface area (Å²) in [7, 11) is 0. The van der Waals surface area contributed by atoms with Gasteiger partial charge in [-0.15, -0.1) is 0 Å². The summed E-state index contributed by atoms with van der Waals surface area (Å²) in [4.78, 5) is 29.3. The molecule has 5 heteroatoms. The van der Waals surface area contributed by atoms with E-state index in [4.69, 9.17) is 5.11 Å². The van der Waals surface area contributed by atoms with E-state index in [9.17, 15) is 9.59 Å². The third-order valence-corrected chi connectivity index (χ3v) is 4.73. The molecule has 3 rings (SSSR count). The minimum Gasteiger partial charge on any atom is -0.477 e. The average molecular weight is 300 g/mol. The number of amides is 1. The Morgan fingerprint density at radius 3 is 2.86 bits per heavy atom. The number of aromatic nitrogens is 1.